The molecule has 0 spiro atoms. The van der Waals surface area contributed by atoms with Crippen molar-refractivity contribution in [3.63, 3.8) is 0 Å². The van der Waals surface area contributed by atoms with Gasteiger partial charge >= 0.3 is 5.69 Å². The van der Waals surface area contributed by atoms with E-state index in [0.29, 0.717) is 12.4 Å². The number of carbonyl (C=O) groups excluding carboxylic acids is 1. The molecule has 1 aliphatic heterocycles. The molecule has 6 nitrogen and oxygen atoms in total. The predicted octanol–water partition coefficient (Wildman–Crippen LogP) is 2.57. The Morgan fingerprint density at radius 1 is 1.07 bits per heavy atom. The molecule has 4 rings (SSSR count). The van der Waals surface area contributed by atoms with Crippen molar-refractivity contribution in [2.75, 3.05) is 6.54 Å². The van der Waals surface area contributed by atoms with E-state index in [0.717, 1.165) is 24.9 Å². The number of benzene rings is 2. The summed E-state index contributed by atoms with van der Waals surface area (Å²) >= 11 is 0. The van der Waals surface area contributed by atoms with Gasteiger partial charge in [0, 0.05) is 13.1 Å². The minimum Gasteiger partial charge on any atom is -0.334 e. The summed E-state index contributed by atoms with van der Waals surface area (Å²) in [5.74, 6) is 0.576. The molecule has 1 aliphatic rings. The standard InChI is InChI=1S/C22H24N4O2/c1-17-23-26(22(28)24(17)14-12-18-8-4-2-5-9-18)16-21(27)25-15-13-20(25)19-10-6-3-7-11-19/h2-11,20H,12-16H2,1H3/t20-/m0/s1. The topological polar surface area (TPSA) is 60.1 Å². The first-order chi connectivity index (χ1) is 13.6. The number of rotatable bonds is 6. The molecule has 6 heteroatoms. The predicted molar refractivity (Wildman–Crippen MR) is 107 cm³/mol. The zero-order valence-electron chi connectivity index (χ0n) is 16.0. The van der Waals surface area contributed by atoms with Crippen molar-refractivity contribution in [1.29, 1.82) is 0 Å². The van der Waals surface area contributed by atoms with E-state index in [1.165, 1.54) is 10.2 Å². The van der Waals surface area contributed by atoms with Crippen LogP contribution in [0.1, 0.15) is 29.4 Å². The summed E-state index contributed by atoms with van der Waals surface area (Å²) in [7, 11) is 0. The lowest BCUT2D eigenvalue weighted by Gasteiger charge is -2.41. The third kappa shape index (κ3) is 3.63. The summed E-state index contributed by atoms with van der Waals surface area (Å²) in [6, 6.07) is 20.2. The van der Waals surface area contributed by atoms with Crippen LogP contribution in [-0.2, 0) is 24.3 Å². The van der Waals surface area contributed by atoms with Gasteiger partial charge in [0.05, 0.1) is 6.04 Å². The number of likely N-dealkylation sites (tertiary alicyclic amines) is 1. The molecule has 1 atom stereocenters. The van der Waals surface area contributed by atoms with Crippen molar-refractivity contribution in [3.05, 3.63) is 88.1 Å². The van der Waals surface area contributed by atoms with Crippen molar-refractivity contribution >= 4 is 5.91 Å². The SMILES string of the molecule is Cc1nn(CC(=O)N2CC[C@H]2c2ccccc2)c(=O)n1CCc1ccccc1. The molecule has 0 unspecified atom stereocenters. The molecule has 0 N–H and O–H groups in total. The van der Waals surface area contributed by atoms with Crippen LogP contribution in [0.25, 0.3) is 0 Å². The zero-order chi connectivity index (χ0) is 19.5. The Morgan fingerprint density at radius 2 is 1.75 bits per heavy atom. The molecule has 0 saturated carbocycles. The van der Waals surface area contributed by atoms with Gasteiger partial charge in [-0.2, -0.15) is 5.10 Å². The third-order valence-electron chi connectivity index (χ3n) is 5.38. The maximum Gasteiger partial charge on any atom is 0.346 e. The van der Waals surface area contributed by atoms with Crippen molar-refractivity contribution in [1.82, 2.24) is 19.2 Å². The highest BCUT2D eigenvalue weighted by molar-refractivity contribution is 5.77. The molecule has 1 fully saturated rings. The summed E-state index contributed by atoms with van der Waals surface area (Å²) in [5.41, 5.74) is 2.08. The Hall–Kier alpha value is -3.15. The van der Waals surface area contributed by atoms with E-state index in [4.69, 9.17) is 0 Å². The average Bonchev–Trinajstić information content (AvgIpc) is 2.94. The molecule has 1 saturated heterocycles. The minimum atomic E-state index is -0.224. The second-order valence-electron chi connectivity index (χ2n) is 7.18. The van der Waals surface area contributed by atoms with Crippen molar-refractivity contribution in [2.24, 2.45) is 0 Å². The Labute approximate surface area is 164 Å². The number of carbonyl (C=O) groups is 1. The maximum atomic E-state index is 12.7. The quantitative estimate of drug-likeness (QED) is 0.664. The summed E-state index contributed by atoms with van der Waals surface area (Å²) in [4.78, 5) is 27.3. The van der Waals surface area contributed by atoms with Gasteiger partial charge in [0.2, 0.25) is 5.91 Å². The Balaban J connectivity index is 1.44. The van der Waals surface area contributed by atoms with Gasteiger partial charge in [-0.3, -0.25) is 9.36 Å². The van der Waals surface area contributed by atoms with Gasteiger partial charge in [-0.15, -0.1) is 0 Å². The van der Waals surface area contributed by atoms with Crippen molar-refractivity contribution in [2.45, 2.75) is 38.9 Å². The van der Waals surface area contributed by atoms with Gasteiger partial charge in [-0.1, -0.05) is 60.7 Å². The van der Waals surface area contributed by atoms with Gasteiger partial charge in [-0.05, 0) is 30.9 Å². The fourth-order valence-electron chi connectivity index (χ4n) is 3.72. The van der Waals surface area contributed by atoms with Gasteiger partial charge in [0.25, 0.3) is 0 Å². The fourth-order valence-corrected chi connectivity index (χ4v) is 3.72. The second-order valence-corrected chi connectivity index (χ2v) is 7.18. The lowest BCUT2D eigenvalue weighted by Crippen LogP contribution is -2.47. The first-order valence-electron chi connectivity index (χ1n) is 9.66. The number of aromatic nitrogens is 3. The molecule has 2 heterocycles. The summed E-state index contributed by atoms with van der Waals surface area (Å²) in [6.45, 7) is 3.07. The number of nitrogens with zero attached hydrogens (tertiary/aromatic N) is 4. The Kier molecular flexibility index (Phi) is 5.10. The van der Waals surface area contributed by atoms with Crippen LogP contribution in [0.5, 0.6) is 0 Å². The largest absolute Gasteiger partial charge is 0.346 e. The van der Waals surface area contributed by atoms with Crippen LogP contribution in [-0.4, -0.2) is 31.7 Å². The van der Waals surface area contributed by atoms with Crippen LogP contribution in [0.3, 0.4) is 0 Å². The van der Waals surface area contributed by atoms with Gasteiger partial charge < -0.3 is 4.90 Å². The lowest BCUT2D eigenvalue weighted by atomic mass is 9.95. The van der Waals surface area contributed by atoms with Crippen LogP contribution >= 0.6 is 0 Å². The van der Waals surface area contributed by atoms with Crippen LogP contribution in [0, 0.1) is 6.92 Å². The van der Waals surface area contributed by atoms with E-state index in [1.54, 1.807) is 4.57 Å². The van der Waals surface area contributed by atoms with Crippen molar-refractivity contribution in [3.8, 4) is 0 Å². The third-order valence-corrected chi connectivity index (χ3v) is 5.38. The van der Waals surface area contributed by atoms with E-state index in [2.05, 4.69) is 5.10 Å². The molecule has 0 aliphatic carbocycles. The van der Waals surface area contributed by atoms with Crippen LogP contribution in [0.4, 0.5) is 0 Å². The lowest BCUT2D eigenvalue weighted by molar-refractivity contribution is -0.140. The Morgan fingerprint density at radius 3 is 2.39 bits per heavy atom. The molecule has 0 radical (unpaired) electrons. The van der Waals surface area contributed by atoms with Gasteiger partial charge in [0.1, 0.15) is 12.4 Å². The molecule has 144 valence electrons. The van der Waals surface area contributed by atoms with Crippen LogP contribution < -0.4 is 5.69 Å². The van der Waals surface area contributed by atoms with Crippen molar-refractivity contribution < 1.29 is 4.79 Å². The first-order valence-corrected chi connectivity index (χ1v) is 9.66. The number of amides is 1. The van der Waals surface area contributed by atoms with E-state index in [9.17, 15) is 9.59 Å². The average molecular weight is 376 g/mol. The summed E-state index contributed by atoms with van der Waals surface area (Å²) in [6.07, 6.45) is 1.71. The smallest absolute Gasteiger partial charge is 0.334 e. The number of aryl methyl sites for hydroxylation is 2. The maximum absolute atomic E-state index is 12.7. The first kappa shape index (κ1) is 18.2. The van der Waals surface area contributed by atoms with Gasteiger partial charge in [-0.25, -0.2) is 9.48 Å². The molecule has 1 aromatic heterocycles. The molecule has 2 aromatic carbocycles. The molecule has 1 amide bonds. The second kappa shape index (κ2) is 7.84. The van der Waals surface area contributed by atoms with E-state index >= 15 is 0 Å². The van der Waals surface area contributed by atoms with E-state index < -0.39 is 0 Å². The molecule has 3 aromatic rings. The van der Waals surface area contributed by atoms with Gasteiger partial charge in [0.15, 0.2) is 0 Å². The Bertz CT molecular complexity index is 1010. The molecule has 28 heavy (non-hydrogen) atoms. The molecule has 0 bridgehead atoms. The van der Waals surface area contributed by atoms with Crippen LogP contribution in [0.15, 0.2) is 65.5 Å². The van der Waals surface area contributed by atoms with E-state index in [1.807, 2.05) is 72.5 Å². The number of hydrogen-bond acceptors (Lipinski definition) is 3. The molecular weight excluding hydrogens is 352 g/mol. The highest BCUT2D eigenvalue weighted by Crippen LogP contribution is 2.33. The highest BCUT2D eigenvalue weighted by Gasteiger charge is 2.33. The normalized spacial score (nSPS) is 16.0. The van der Waals surface area contributed by atoms with E-state index in [-0.39, 0.29) is 24.2 Å². The number of hydrogen-bond donors (Lipinski definition) is 0. The minimum absolute atomic E-state index is 0.0126. The molecular formula is C22H24N4O2. The highest BCUT2D eigenvalue weighted by atomic mass is 16.2. The van der Waals surface area contributed by atoms with Crippen LogP contribution in [0.2, 0.25) is 0 Å². The fraction of sp³-hybridized carbons (Fsp3) is 0.318. The zero-order valence-corrected chi connectivity index (χ0v) is 16.0. The summed E-state index contributed by atoms with van der Waals surface area (Å²) in [5, 5.41) is 4.32. The summed E-state index contributed by atoms with van der Waals surface area (Å²) < 4.78 is 2.94. The monoisotopic (exact) mass is 376 g/mol.